The number of hydrogen-bond acceptors (Lipinski definition) is 19. The van der Waals surface area contributed by atoms with Crippen LogP contribution in [-0.2, 0) is 58.1 Å². The number of nitrogens with zero attached hydrogens (tertiary/aromatic N) is 10. The minimum Gasteiger partial charge on any atom is -1.00 e. The van der Waals surface area contributed by atoms with Crippen molar-refractivity contribution in [3.05, 3.63) is 128 Å². The molecule has 5 atom stereocenters. The van der Waals surface area contributed by atoms with Crippen LogP contribution in [0.1, 0.15) is 177 Å². The second kappa shape index (κ2) is 39.0. The average Bonchev–Trinajstić information content (AvgIpc) is 1.48. The van der Waals surface area contributed by atoms with Crippen molar-refractivity contribution in [2.45, 2.75) is 166 Å². The fraction of sp³-hybridized carbons (Fsp3) is 0.507. The van der Waals surface area contributed by atoms with Gasteiger partial charge in [0.15, 0.2) is 0 Å². The number of anilines is 3. The number of amides is 2. The Labute approximate surface area is 611 Å². The molecule has 8 heterocycles. The first-order valence-electron chi connectivity index (χ1n) is 34.2. The van der Waals surface area contributed by atoms with E-state index in [0.717, 1.165) is 141 Å². The molecule has 2 saturated heterocycles. The number of carbonyl (C=O) groups is 4. The van der Waals surface area contributed by atoms with E-state index in [9.17, 15) is 19.2 Å². The Morgan fingerprint density at radius 1 is 0.629 bits per heavy atom. The molecule has 3 aromatic carbocycles. The SMILES string of the molecule is CCN(CC)Cc1nc2cc(C3=NC[C@@H](C)CC3)ccc2s1.CCN(CC)Cc1nc2cc([C@H]3CC[C@H](C)CN3)ccc2s1.CCc1cc(CC(=O)C(=O)O)cnc1N.CCc1cc(NC(=O)C(=O)N2C[C@@H](C)CC[C@@H]2c2ccc3sc(CN(CC)CC)nc3c2)cnc1N.[B].[H-].[Na+]. The number of aliphatic imine (C=N–C) groups is 1. The van der Waals surface area contributed by atoms with E-state index in [0.29, 0.717) is 54.2 Å². The van der Waals surface area contributed by atoms with E-state index >= 15 is 0 Å². The van der Waals surface area contributed by atoms with Gasteiger partial charge in [-0.25, -0.2) is 29.7 Å². The van der Waals surface area contributed by atoms with Gasteiger partial charge in [-0.15, -0.1) is 34.0 Å². The van der Waals surface area contributed by atoms with Crippen molar-refractivity contribution in [1.82, 2.24) is 49.8 Å². The number of nitrogens with one attached hydrogen (secondary N) is 2. The quantitative estimate of drug-likeness (QED) is 0.0331. The van der Waals surface area contributed by atoms with Gasteiger partial charge >= 0.3 is 47.3 Å². The summed E-state index contributed by atoms with van der Waals surface area (Å²) in [4.78, 5) is 83.9. The topological polar surface area (TPSA) is 254 Å². The molecule has 2 fully saturated rings. The number of fused-ring (bicyclic) bond motifs is 3. The molecular formula is C73H101BN14NaO5S3. The Morgan fingerprint density at radius 2 is 1.13 bits per heavy atom. The minimum atomic E-state index is -1.43. The summed E-state index contributed by atoms with van der Waals surface area (Å²) in [5.74, 6) is -0.734. The zero-order valence-corrected chi connectivity index (χ0v) is 63.7. The number of thiazole rings is 3. The van der Waals surface area contributed by atoms with E-state index in [2.05, 4.69) is 152 Å². The number of nitrogens with two attached hydrogens (primary N) is 2. The van der Waals surface area contributed by atoms with Crippen LogP contribution in [-0.4, -0.2) is 146 Å². The van der Waals surface area contributed by atoms with E-state index in [1.54, 1.807) is 28.4 Å². The van der Waals surface area contributed by atoms with Crippen LogP contribution in [0.4, 0.5) is 17.3 Å². The minimum absolute atomic E-state index is 0. The molecule has 24 heteroatoms. The standard InChI is InChI=1S/C27H36N6O2S.C18H27N3S.C18H25N3S.C10H12N2O3.B.Na.H/c1-5-18-12-20(14-29-25(18)28)30-26(34)27(35)33-15-17(4)8-10-22(33)19-9-11-23-21(13-19)31-24(36-23)16-32(6-2)7-3;2*1-4-21(5-2)12-18-20-16-10-14(7-9-17(16)22-18)15-8-6-13(3)11-19-15;1-2-7-3-6(5-12-9(7)11)4-8(13)10(14)15;;;/h9,11-14,17,22H,5-8,10,15-16H2,1-4H3,(H2,28,29)(H,30,34);7,9-10,13,15,19H,4-6,8,11-12H2,1-3H3;7,9-10,13H,4-6,8,11-12H2,1-3H3;3,5H,2,4H2,1H3,(H2,11,12)(H,14,15);;;/q;;;;;+1;-1/t17-,22+;13-,15+;13-;;;;/m000..../s1. The van der Waals surface area contributed by atoms with Crippen LogP contribution in [0, 0.1) is 17.8 Å². The molecule has 3 aliphatic heterocycles. The van der Waals surface area contributed by atoms with Gasteiger partial charge in [0.05, 0.1) is 68.2 Å². The number of benzene rings is 3. The first-order valence-corrected chi connectivity index (χ1v) is 36.7. The maximum atomic E-state index is 13.4. The van der Waals surface area contributed by atoms with E-state index in [-0.39, 0.29) is 51.9 Å². The van der Waals surface area contributed by atoms with E-state index in [1.807, 2.05) is 36.5 Å². The number of aromatic nitrogens is 5. The summed E-state index contributed by atoms with van der Waals surface area (Å²) in [5, 5.41) is 18.4. The molecule has 7 N–H and O–H groups in total. The molecule has 2 amide bonds. The van der Waals surface area contributed by atoms with Gasteiger partial charge in [-0.1, -0.05) is 100 Å². The van der Waals surface area contributed by atoms with Crippen molar-refractivity contribution >= 4 is 120 Å². The summed E-state index contributed by atoms with van der Waals surface area (Å²) in [6.07, 6.45) is 10.9. The van der Waals surface area contributed by atoms with Crippen molar-refractivity contribution in [3.63, 3.8) is 0 Å². The Bertz CT molecular complexity index is 3910. The Kier molecular flexibility index (Phi) is 32.1. The van der Waals surface area contributed by atoms with Crippen molar-refractivity contribution in [3.8, 4) is 0 Å². The fourth-order valence-electron chi connectivity index (χ4n) is 12.1. The number of Topliss-reactive ketones (excluding diaryl/α,β-unsaturated/α-hetero) is 1. The van der Waals surface area contributed by atoms with E-state index in [1.165, 1.54) is 73.4 Å². The third-order valence-corrected chi connectivity index (χ3v) is 21.4. The van der Waals surface area contributed by atoms with Gasteiger partial charge in [0.2, 0.25) is 5.78 Å². The van der Waals surface area contributed by atoms with E-state index < -0.39 is 23.6 Å². The number of ketones is 1. The molecule has 0 bridgehead atoms. The maximum Gasteiger partial charge on any atom is 1.00 e. The summed E-state index contributed by atoms with van der Waals surface area (Å²) >= 11 is 5.38. The first kappa shape index (κ1) is 79.9. The number of carboxylic acid groups (broad SMARTS) is 1. The molecule has 97 heavy (non-hydrogen) atoms. The molecule has 0 aliphatic carbocycles. The summed E-state index contributed by atoms with van der Waals surface area (Å²) in [6.45, 7) is 35.5. The summed E-state index contributed by atoms with van der Waals surface area (Å²) in [7, 11) is 0. The van der Waals surface area contributed by atoms with Crippen molar-refractivity contribution in [2.75, 3.05) is 75.7 Å². The van der Waals surface area contributed by atoms with Crippen LogP contribution in [0.15, 0.2) is 84.1 Å². The maximum absolute atomic E-state index is 13.4. The number of pyridine rings is 2. The molecule has 0 saturated carbocycles. The third kappa shape index (κ3) is 22.4. The number of aliphatic carboxylic acids is 1. The molecule has 5 aromatic heterocycles. The normalized spacial score (nSPS) is 17.6. The number of hydrogen-bond donors (Lipinski definition) is 5. The predicted octanol–water partition coefficient (Wildman–Crippen LogP) is 10.3. The van der Waals surface area contributed by atoms with Crippen molar-refractivity contribution in [2.24, 2.45) is 22.7 Å². The molecule has 19 nitrogen and oxygen atoms in total. The van der Waals surface area contributed by atoms with Crippen molar-refractivity contribution < 1.29 is 55.3 Å². The van der Waals surface area contributed by atoms with Crippen LogP contribution < -0.4 is 51.7 Å². The van der Waals surface area contributed by atoms with Crippen LogP contribution in [0.3, 0.4) is 0 Å². The molecule has 11 rings (SSSR count). The monoisotopic (exact) mass is 1380 g/mol. The molecular weight excluding hydrogens is 1280 g/mol. The molecule has 0 spiro atoms. The molecule has 515 valence electrons. The zero-order chi connectivity index (χ0) is 68.3. The van der Waals surface area contributed by atoms with Gasteiger partial charge in [-0.3, -0.25) is 34.1 Å². The van der Waals surface area contributed by atoms with Crippen LogP contribution in [0.2, 0.25) is 0 Å². The second-order valence-electron chi connectivity index (χ2n) is 25.3. The largest absolute Gasteiger partial charge is 1.00 e. The number of carboxylic acids is 1. The average molecular weight is 1380 g/mol. The fourth-order valence-corrected chi connectivity index (χ4v) is 15.1. The number of rotatable bonds is 21. The summed E-state index contributed by atoms with van der Waals surface area (Å²) < 4.78 is 3.74. The number of carbonyl (C=O) groups excluding carboxylic acids is 3. The van der Waals surface area contributed by atoms with Crippen molar-refractivity contribution in [1.29, 1.82) is 0 Å². The van der Waals surface area contributed by atoms with Gasteiger partial charge in [0, 0.05) is 45.9 Å². The van der Waals surface area contributed by atoms with Gasteiger partial charge < -0.3 is 33.5 Å². The number of piperidine rings is 2. The third-order valence-electron chi connectivity index (χ3n) is 18.3. The van der Waals surface area contributed by atoms with Gasteiger partial charge in [-0.2, -0.15) is 0 Å². The second-order valence-corrected chi connectivity index (χ2v) is 28.6. The number of likely N-dealkylation sites (tertiary alicyclic amines) is 1. The van der Waals surface area contributed by atoms with Crippen LogP contribution >= 0.6 is 34.0 Å². The predicted molar refractivity (Wildman–Crippen MR) is 398 cm³/mol. The van der Waals surface area contributed by atoms with Gasteiger partial charge in [-0.05, 0) is 191 Å². The van der Waals surface area contributed by atoms with Gasteiger partial charge in [0.1, 0.15) is 26.7 Å². The zero-order valence-electron chi connectivity index (χ0n) is 60.3. The summed E-state index contributed by atoms with van der Waals surface area (Å²) in [6, 6.07) is 23.6. The Morgan fingerprint density at radius 3 is 1.64 bits per heavy atom. The smallest absolute Gasteiger partial charge is 1.00 e. The van der Waals surface area contributed by atoms with E-state index in [4.69, 9.17) is 36.5 Å². The van der Waals surface area contributed by atoms with Gasteiger partial charge in [0.25, 0.3) is 0 Å². The number of aryl methyl sites for hydroxylation is 2. The van der Waals surface area contributed by atoms with Crippen LogP contribution in [0.25, 0.3) is 30.6 Å². The molecule has 8 aromatic rings. The molecule has 3 aliphatic rings. The Hall–Kier alpha value is -6.12. The Balaban J connectivity index is 0.000000245. The molecule has 3 radical (unpaired) electrons. The molecule has 0 unspecified atom stereocenters. The van der Waals surface area contributed by atoms with Crippen LogP contribution in [0.5, 0.6) is 0 Å². The number of nitrogen functional groups attached to an aromatic ring is 2. The first-order chi connectivity index (χ1) is 45.7. The summed E-state index contributed by atoms with van der Waals surface area (Å²) in [5.41, 5.74) is 22.4.